The maximum absolute atomic E-state index is 11.1. The van der Waals surface area contributed by atoms with Gasteiger partial charge in [-0.05, 0) is 36.5 Å². The Bertz CT molecular complexity index is 564. The van der Waals surface area contributed by atoms with Gasteiger partial charge in [-0.15, -0.1) is 0 Å². The molecule has 0 aliphatic carbocycles. The van der Waals surface area contributed by atoms with Crippen LogP contribution in [0.25, 0.3) is 0 Å². The van der Waals surface area contributed by atoms with Crippen molar-refractivity contribution in [3.05, 3.63) is 35.4 Å². The molecule has 0 bridgehead atoms. The number of primary amides is 1. The van der Waals surface area contributed by atoms with E-state index in [1.165, 1.54) is 0 Å². The van der Waals surface area contributed by atoms with Crippen LogP contribution in [0.15, 0.2) is 24.3 Å². The van der Waals surface area contributed by atoms with E-state index in [1.54, 1.807) is 12.1 Å². The Morgan fingerprint density at radius 2 is 2.10 bits per heavy atom. The van der Waals surface area contributed by atoms with E-state index in [0.29, 0.717) is 17.5 Å². The Kier molecular flexibility index (Phi) is 3.78. The molecule has 1 amide bonds. The first-order valence-corrected chi connectivity index (χ1v) is 7.23. The third-order valence-electron chi connectivity index (χ3n) is 4.47. The highest BCUT2D eigenvalue weighted by molar-refractivity contribution is 5.92. The molecule has 21 heavy (non-hydrogen) atoms. The van der Waals surface area contributed by atoms with E-state index in [0.717, 1.165) is 31.5 Å². The zero-order valence-electron chi connectivity index (χ0n) is 11.7. The third kappa shape index (κ3) is 2.84. The van der Waals surface area contributed by atoms with Crippen LogP contribution in [0.3, 0.4) is 0 Å². The molecule has 0 aromatic heterocycles. The van der Waals surface area contributed by atoms with Gasteiger partial charge in [-0.3, -0.25) is 15.6 Å². The second kappa shape index (κ2) is 5.72. The molecule has 4 N–H and O–H groups in total. The molecule has 1 aromatic carbocycles. The summed E-state index contributed by atoms with van der Waals surface area (Å²) in [6.45, 7) is 1.69. The van der Waals surface area contributed by atoms with Crippen LogP contribution in [0.2, 0.25) is 0 Å². The number of hydrogen-bond acceptors (Lipinski definition) is 5. The minimum atomic E-state index is -0.403. The molecule has 2 saturated heterocycles. The van der Waals surface area contributed by atoms with Crippen molar-refractivity contribution in [3.8, 4) is 6.19 Å². The normalized spacial score (nSPS) is 28.5. The first-order valence-electron chi connectivity index (χ1n) is 7.23. The number of rotatable bonds is 3. The van der Waals surface area contributed by atoms with E-state index in [2.05, 4.69) is 17.0 Å². The molecule has 110 valence electrons. The maximum Gasteiger partial charge on any atom is 0.248 e. The van der Waals surface area contributed by atoms with Crippen molar-refractivity contribution in [2.24, 2.45) is 11.7 Å². The van der Waals surface area contributed by atoms with Gasteiger partial charge in [0, 0.05) is 30.7 Å². The van der Waals surface area contributed by atoms with Gasteiger partial charge in [0.05, 0.1) is 0 Å². The van der Waals surface area contributed by atoms with Gasteiger partial charge in [-0.2, -0.15) is 5.26 Å². The summed E-state index contributed by atoms with van der Waals surface area (Å²) in [4.78, 5) is 12.9. The van der Waals surface area contributed by atoms with E-state index < -0.39 is 5.91 Å². The molecule has 6 heteroatoms. The van der Waals surface area contributed by atoms with E-state index in [9.17, 15) is 4.79 Å². The summed E-state index contributed by atoms with van der Waals surface area (Å²) in [5, 5.41) is 8.93. The van der Waals surface area contributed by atoms with Crippen LogP contribution in [0.5, 0.6) is 0 Å². The molecule has 3 unspecified atom stereocenters. The highest BCUT2D eigenvalue weighted by Gasteiger charge is 2.34. The number of carbonyl (C=O) groups excluding carboxylic acids is 1. The summed E-state index contributed by atoms with van der Waals surface area (Å²) in [5.41, 5.74) is 13.6. The van der Waals surface area contributed by atoms with E-state index >= 15 is 0 Å². The quantitative estimate of drug-likeness (QED) is 0.703. The Labute approximate surface area is 123 Å². The van der Waals surface area contributed by atoms with Crippen LogP contribution >= 0.6 is 0 Å². The minimum Gasteiger partial charge on any atom is -0.366 e. The van der Waals surface area contributed by atoms with E-state index in [1.807, 2.05) is 17.0 Å². The first-order chi connectivity index (χ1) is 10.2. The van der Waals surface area contributed by atoms with Crippen LogP contribution in [0, 0.1) is 17.4 Å². The Balaban J connectivity index is 1.62. The Morgan fingerprint density at radius 1 is 1.33 bits per heavy atom. The number of benzene rings is 1. The number of amides is 1. The van der Waals surface area contributed by atoms with Crippen LogP contribution in [-0.4, -0.2) is 29.9 Å². The van der Waals surface area contributed by atoms with E-state index in [4.69, 9.17) is 11.0 Å². The molecule has 3 atom stereocenters. The van der Waals surface area contributed by atoms with Crippen molar-refractivity contribution in [2.45, 2.75) is 24.9 Å². The molecule has 1 aromatic rings. The topological polar surface area (TPSA) is 94.2 Å². The lowest BCUT2D eigenvalue weighted by Gasteiger charge is -2.17. The average Bonchev–Trinajstić information content (AvgIpc) is 3.16. The van der Waals surface area contributed by atoms with E-state index in [-0.39, 0.29) is 6.04 Å². The molecule has 3 rings (SSSR count). The number of hydrogen-bond donors (Lipinski definition) is 3. The molecular weight excluding hydrogens is 266 g/mol. The molecule has 0 spiro atoms. The van der Waals surface area contributed by atoms with Crippen LogP contribution in [0.4, 0.5) is 0 Å². The van der Waals surface area contributed by atoms with Crippen molar-refractivity contribution in [2.75, 3.05) is 13.1 Å². The SMILES string of the molecule is N#CN1CCC(C2CC(c3ccc(C(N)=O)cc3)NN2)C1. The van der Waals surface area contributed by atoms with Crippen molar-refractivity contribution in [3.63, 3.8) is 0 Å². The van der Waals surface area contributed by atoms with Gasteiger partial charge in [-0.1, -0.05) is 12.1 Å². The summed E-state index contributed by atoms with van der Waals surface area (Å²) in [5.74, 6) is 0.103. The van der Waals surface area contributed by atoms with Crippen molar-refractivity contribution >= 4 is 5.91 Å². The Morgan fingerprint density at radius 3 is 2.71 bits per heavy atom. The summed E-state index contributed by atoms with van der Waals surface area (Å²) in [6.07, 6.45) is 4.26. The molecule has 2 fully saturated rings. The van der Waals surface area contributed by atoms with Crippen molar-refractivity contribution < 1.29 is 4.79 Å². The fourth-order valence-corrected chi connectivity index (χ4v) is 3.20. The first kappa shape index (κ1) is 13.9. The maximum atomic E-state index is 11.1. The monoisotopic (exact) mass is 285 g/mol. The predicted octanol–water partition coefficient (Wildman–Crippen LogP) is 0.496. The predicted molar refractivity (Wildman–Crippen MR) is 77.7 cm³/mol. The lowest BCUT2D eigenvalue weighted by atomic mass is 9.92. The molecule has 6 nitrogen and oxygen atoms in total. The highest BCUT2D eigenvalue weighted by Crippen LogP contribution is 2.29. The number of nitrogens with two attached hydrogens (primary N) is 1. The molecule has 2 aliphatic rings. The van der Waals surface area contributed by atoms with Crippen LogP contribution in [0.1, 0.15) is 34.8 Å². The fourth-order valence-electron chi connectivity index (χ4n) is 3.20. The zero-order chi connectivity index (χ0) is 14.8. The summed E-state index contributed by atoms with van der Waals surface area (Å²) >= 11 is 0. The fraction of sp³-hybridized carbons (Fsp3) is 0.467. The molecule has 2 heterocycles. The van der Waals surface area contributed by atoms with Gasteiger partial charge in [0.15, 0.2) is 6.19 Å². The lowest BCUT2D eigenvalue weighted by Crippen LogP contribution is -2.36. The van der Waals surface area contributed by atoms with Crippen molar-refractivity contribution in [1.82, 2.24) is 15.8 Å². The molecule has 0 radical (unpaired) electrons. The average molecular weight is 285 g/mol. The van der Waals surface area contributed by atoms with Gasteiger partial charge >= 0.3 is 0 Å². The lowest BCUT2D eigenvalue weighted by molar-refractivity contribution is 0.100. The zero-order valence-corrected chi connectivity index (χ0v) is 11.7. The number of carbonyl (C=O) groups is 1. The third-order valence-corrected chi connectivity index (χ3v) is 4.47. The summed E-state index contributed by atoms with van der Waals surface area (Å²) in [7, 11) is 0. The summed E-state index contributed by atoms with van der Waals surface area (Å²) in [6, 6.07) is 8.02. The van der Waals surface area contributed by atoms with Crippen molar-refractivity contribution in [1.29, 1.82) is 5.26 Å². The number of nitrogens with zero attached hydrogens (tertiary/aromatic N) is 2. The van der Waals surface area contributed by atoms with Gasteiger partial charge < -0.3 is 10.6 Å². The number of hydrazine groups is 1. The minimum absolute atomic E-state index is 0.230. The van der Waals surface area contributed by atoms with Gasteiger partial charge in [0.1, 0.15) is 0 Å². The number of likely N-dealkylation sites (tertiary alicyclic amines) is 1. The number of nitrogens with one attached hydrogen (secondary N) is 2. The Hall–Kier alpha value is -2.10. The molecular formula is C15H19N5O. The van der Waals surface area contributed by atoms with Crippen LogP contribution in [-0.2, 0) is 0 Å². The largest absolute Gasteiger partial charge is 0.366 e. The summed E-state index contributed by atoms with van der Waals surface area (Å²) < 4.78 is 0. The number of nitriles is 1. The molecule has 2 aliphatic heterocycles. The second-order valence-electron chi connectivity index (χ2n) is 5.76. The highest BCUT2D eigenvalue weighted by atomic mass is 16.1. The van der Waals surface area contributed by atoms with Gasteiger partial charge in [0.25, 0.3) is 0 Å². The smallest absolute Gasteiger partial charge is 0.248 e. The van der Waals surface area contributed by atoms with Gasteiger partial charge in [-0.25, -0.2) is 0 Å². The van der Waals surface area contributed by atoms with Crippen LogP contribution < -0.4 is 16.6 Å². The second-order valence-corrected chi connectivity index (χ2v) is 5.76. The van der Waals surface area contributed by atoms with Gasteiger partial charge in [0.2, 0.25) is 5.91 Å². The standard InChI is InChI=1S/C15H19N5O/c16-9-20-6-5-12(8-20)14-7-13(18-19-14)10-1-3-11(4-2-10)15(17)21/h1-4,12-14,18-19H,5-8H2,(H2,17,21). The molecule has 0 saturated carbocycles.